The largest absolute Gasteiger partial charge is 0.459 e. The lowest BCUT2D eigenvalue weighted by molar-refractivity contribution is -0.129. The molecule has 0 bridgehead atoms. The summed E-state index contributed by atoms with van der Waals surface area (Å²) in [5.74, 6) is 0.366. The zero-order valence-corrected chi connectivity index (χ0v) is 18.7. The van der Waals surface area contributed by atoms with E-state index in [1.165, 1.54) is 11.8 Å². The molecule has 2 amide bonds. The van der Waals surface area contributed by atoms with Gasteiger partial charge >= 0.3 is 0 Å². The summed E-state index contributed by atoms with van der Waals surface area (Å²) in [5.41, 5.74) is 2.55. The van der Waals surface area contributed by atoms with Gasteiger partial charge in [0.2, 0.25) is 5.91 Å². The number of benzene rings is 1. The summed E-state index contributed by atoms with van der Waals surface area (Å²) >= 11 is 1.69. The third-order valence-electron chi connectivity index (χ3n) is 5.28. The summed E-state index contributed by atoms with van der Waals surface area (Å²) in [6, 6.07) is 12.0. The van der Waals surface area contributed by atoms with E-state index in [2.05, 4.69) is 45.0 Å². The van der Waals surface area contributed by atoms with Crippen LogP contribution < -0.4 is 0 Å². The molecular weight excluding hydrogens is 384 g/mol. The Labute approximate surface area is 177 Å². The van der Waals surface area contributed by atoms with Gasteiger partial charge in [-0.3, -0.25) is 9.59 Å². The first-order valence-corrected chi connectivity index (χ1v) is 11.0. The Balaban J connectivity index is 1.63. The number of hydrogen-bond donors (Lipinski definition) is 0. The average molecular weight is 415 g/mol. The second kappa shape index (κ2) is 8.66. The van der Waals surface area contributed by atoms with E-state index in [0.29, 0.717) is 18.8 Å². The molecule has 1 aromatic heterocycles. The molecule has 2 heterocycles. The van der Waals surface area contributed by atoms with Gasteiger partial charge in [0.25, 0.3) is 5.91 Å². The lowest BCUT2D eigenvalue weighted by atomic mass is 9.86. The molecule has 1 aliphatic heterocycles. The molecule has 0 aliphatic carbocycles. The SMILES string of the molecule is C[C@@H]1S[C@H](c2ccc(C(C)(C)C)cc2)N(CCCN(C)C(=O)c2ccco2)C1=O. The predicted molar refractivity (Wildman–Crippen MR) is 117 cm³/mol. The van der Waals surface area contributed by atoms with Crippen molar-refractivity contribution in [1.29, 1.82) is 0 Å². The maximum atomic E-state index is 12.7. The van der Waals surface area contributed by atoms with Crippen LogP contribution in [0.4, 0.5) is 0 Å². The van der Waals surface area contributed by atoms with Crippen molar-refractivity contribution in [3.8, 4) is 0 Å². The van der Waals surface area contributed by atoms with Crippen molar-refractivity contribution >= 4 is 23.6 Å². The number of thioether (sulfide) groups is 1. The second-order valence-corrected chi connectivity index (χ2v) is 10.0. The maximum Gasteiger partial charge on any atom is 0.289 e. The molecule has 3 rings (SSSR count). The number of hydrogen-bond acceptors (Lipinski definition) is 4. The van der Waals surface area contributed by atoms with Crippen LogP contribution in [0.25, 0.3) is 0 Å². The highest BCUT2D eigenvalue weighted by atomic mass is 32.2. The Kier molecular flexibility index (Phi) is 6.42. The highest BCUT2D eigenvalue weighted by Crippen LogP contribution is 2.43. The zero-order chi connectivity index (χ0) is 21.2. The molecule has 5 nitrogen and oxygen atoms in total. The Hall–Kier alpha value is -2.21. The molecule has 156 valence electrons. The van der Waals surface area contributed by atoms with E-state index in [9.17, 15) is 9.59 Å². The standard InChI is InChI=1S/C23H30N2O3S/c1-16-20(26)25(14-7-13-24(5)21(27)19-8-6-15-28-19)22(29-16)17-9-11-18(12-10-17)23(2,3)4/h6,8-12,15-16,22H,7,13-14H2,1-5H3/t16-,22+/m0/s1. The van der Waals surface area contributed by atoms with Gasteiger partial charge in [-0.25, -0.2) is 0 Å². The quantitative estimate of drug-likeness (QED) is 0.687. The first-order chi connectivity index (χ1) is 13.7. The van der Waals surface area contributed by atoms with Gasteiger partial charge in [0.05, 0.1) is 11.5 Å². The molecular formula is C23H30N2O3S. The fraction of sp³-hybridized carbons (Fsp3) is 0.478. The van der Waals surface area contributed by atoms with Gasteiger partial charge < -0.3 is 14.2 Å². The first kappa shape index (κ1) is 21.5. The number of carbonyl (C=O) groups excluding carboxylic acids is 2. The van der Waals surface area contributed by atoms with Gasteiger partial charge in [0.1, 0.15) is 5.37 Å². The Bertz CT molecular complexity index is 840. The van der Waals surface area contributed by atoms with Gasteiger partial charge in [-0.2, -0.15) is 0 Å². The molecule has 1 fully saturated rings. The molecule has 1 aliphatic rings. The fourth-order valence-corrected chi connectivity index (χ4v) is 4.78. The Morgan fingerprint density at radius 3 is 2.48 bits per heavy atom. The van der Waals surface area contributed by atoms with E-state index < -0.39 is 0 Å². The first-order valence-electron chi connectivity index (χ1n) is 10.0. The van der Waals surface area contributed by atoms with Crippen molar-refractivity contribution in [1.82, 2.24) is 9.80 Å². The van der Waals surface area contributed by atoms with Crippen LogP contribution in [0.5, 0.6) is 0 Å². The highest BCUT2D eigenvalue weighted by Gasteiger charge is 2.38. The smallest absolute Gasteiger partial charge is 0.289 e. The van der Waals surface area contributed by atoms with Crippen LogP contribution in [0.3, 0.4) is 0 Å². The minimum atomic E-state index is -0.139. The van der Waals surface area contributed by atoms with Crippen molar-refractivity contribution in [2.75, 3.05) is 20.1 Å². The third kappa shape index (κ3) is 4.86. The molecule has 6 heteroatoms. The molecule has 1 aromatic carbocycles. The molecule has 0 radical (unpaired) electrons. The molecule has 0 saturated carbocycles. The molecule has 2 atom stereocenters. The summed E-state index contributed by atoms with van der Waals surface area (Å²) in [6.07, 6.45) is 2.22. The monoisotopic (exact) mass is 414 g/mol. The number of furan rings is 1. The highest BCUT2D eigenvalue weighted by molar-refractivity contribution is 8.01. The fourth-order valence-electron chi connectivity index (χ4n) is 3.48. The van der Waals surface area contributed by atoms with Crippen LogP contribution >= 0.6 is 11.8 Å². The van der Waals surface area contributed by atoms with Crippen molar-refractivity contribution < 1.29 is 14.0 Å². The van der Waals surface area contributed by atoms with E-state index in [0.717, 1.165) is 12.0 Å². The Morgan fingerprint density at radius 2 is 1.90 bits per heavy atom. The molecule has 2 aromatic rings. The van der Waals surface area contributed by atoms with Crippen LogP contribution in [0.1, 0.15) is 61.2 Å². The summed E-state index contributed by atoms with van der Waals surface area (Å²) in [5, 5.41) is -0.0256. The molecule has 1 saturated heterocycles. The van der Waals surface area contributed by atoms with Crippen LogP contribution in [-0.4, -0.2) is 47.0 Å². The second-order valence-electron chi connectivity index (χ2n) is 8.59. The van der Waals surface area contributed by atoms with Gasteiger partial charge in [0, 0.05) is 20.1 Å². The van der Waals surface area contributed by atoms with Gasteiger partial charge in [-0.15, -0.1) is 11.8 Å². The van der Waals surface area contributed by atoms with Gasteiger partial charge in [0.15, 0.2) is 5.76 Å². The van der Waals surface area contributed by atoms with Crippen LogP contribution in [0.15, 0.2) is 47.1 Å². The third-order valence-corrected chi connectivity index (χ3v) is 6.67. The number of rotatable bonds is 6. The van der Waals surface area contributed by atoms with Crippen molar-refractivity contribution in [2.45, 2.75) is 50.2 Å². The Morgan fingerprint density at radius 1 is 1.21 bits per heavy atom. The van der Waals surface area contributed by atoms with Gasteiger partial charge in [-0.05, 0) is 42.0 Å². The number of carbonyl (C=O) groups is 2. The van der Waals surface area contributed by atoms with E-state index in [1.807, 2.05) is 11.8 Å². The van der Waals surface area contributed by atoms with E-state index in [-0.39, 0.29) is 27.9 Å². The van der Waals surface area contributed by atoms with Gasteiger partial charge in [-0.1, -0.05) is 45.0 Å². The van der Waals surface area contributed by atoms with E-state index in [1.54, 1.807) is 35.8 Å². The lowest BCUT2D eigenvalue weighted by Gasteiger charge is -2.26. The minimum Gasteiger partial charge on any atom is -0.459 e. The summed E-state index contributed by atoms with van der Waals surface area (Å²) < 4.78 is 5.18. The predicted octanol–water partition coefficient (Wildman–Crippen LogP) is 4.70. The van der Waals surface area contributed by atoms with E-state index in [4.69, 9.17) is 4.42 Å². The molecule has 0 unspecified atom stereocenters. The van der Waals surface area contributed by atoms with Crippen LogP contribution in [0, 0.1) is 0 Å². The van der Waals surface area contributed by atoms with Crippen molar-refractivity contribution in [3.05, 3.63) is 59.5 Å². The van der Waals surface area contributed by atoms with Crippen molar-refractivity contribution in [2.24, 2.45) is 0 Å². The summed E-state index contributed by atoms with van der Waals surface area (Å²) in [6.45, 7) is 9.76. The number of amides is 2. The topological polar surface area (TPSA) is 53.8 Å². The molecule has 0 spiro atoms. The van der Waals surface area contributed by atoms with Crippen LogP contribution in [-0.2, 0) is 10.2 Å². The maximum absolute atomic E-state index is 12.7. The molecule has 29 heavy (non-hydrogen) atoms. The lowest BCUT2D eigenvalue weighted by Crippen LogP contribution is -2.34. The summed E-state index contributed by atoms with van der Waals surface area (Å²) in [4.78, 5) is 28.6. The van der Waals surface area contributed by atoms with Crippen molar-refractivity contribution in [3.63, 3.8) is 0 Å². The van der Waals surface area contributed by atoms with E-state index >= 15 is 0 Å². The van der Waals surface area contributed by atoms with Crippen LogP contribution in [0.2, 0.25) is 0 Å². The summed E-state index contributed by atoms with van der Waals surface area (Å²) in [7, 11) is 1.76. The molecule has 0 N–H and O–H groups in total. The average Bonchev–Trinajstić information content (AvgIpc) is 3.31. The normalized spacial score (nSPS) is 19.6. The zero-order valence-electron chi connectivity index (χ0n) is 17.8. The minimum absolute atomic E-state index is 0.0256. The number of nitrogens with zero attached hydrogens (tertiary/aromatic N) is 2.